The highest BCUT2D eigenvalue weighted by molar-refractivity contribution is 5.79. The minimum absolute atomic E-state index is 0.269. The van der Waals surface area contributed by atoms with Crippen molar-refractivity contribution in [3.05, 3.63) is 54.1 Å². The van der Waals surface area contributed by atoms with Gasteiger partial charge in [-0.1, -0.05) is 44.2 Å². The van der Waals surface area contributed by atoms with Crippen LogP contribution in [0, 0.1) is 5.92 Å². The van der Waals surface area contributed by atoms with Gasteiger partial charge in [-0.25, -0.2) is 4.98 Å². The fourth-order valence-electron chi connectivity index (χ4n) is 2.97. The van der Waals surface area contributed by atoms with Gasteiger partial charge in [0.15, 0.2) is 5.96 Å². The molecule has 6 heteroatoms. The molecule has 0 fully saturated rings. The number of ether oxygens (including phenoxy) is 1. The third kappa shape index (κ3) is 7.06. The van der Waals surface area contributed by atoms with Crippen LogP contribution in [0.25, 0.3) is 0 Å². The molecular formula is C21H33N5O. The van der Waals surface area contributed by atoms with Gasteiger partial charge in [-0.3, -0.25) is 4.99 Å². The van der Waals surface area contributed by atoms with Crippen LogP contribution in [0.5, 0.6) is 0 Å². The van der Waals surface area contributed by atoms with E-state index in [-0.39, 0.29) is 6.10 Å². The van der Waals surface area contributed by atoms with E-state index in [2.05, 4.69) is 63.3 Å². The molecule has 0 aliphatic heterocycles. The van der Waals surface area contributed by atoms with Crippen molar-refractivity contribution < 1.29 is 4.74 Å². The lowest BCUT2D eigenvalue weighted by Crippen LogP contribution is -2.39. The molecule has 0 bridgehead atoms. The molecule has 0 saturated carbocycles. The van der Waals surface area contributed by atoms with E-state index in [1.807, 2.05) is 25.4 Å². The normalized spacial score (nSPS) is 13.0. The summed E-state index contributed by atoms with van der Waals surface area (Å²) in [5, 5.41) is 6.71. The predicted octanol–water partition coefficient (Wildman–Crippen LogP) is 3.05. The van der Waals surface area contributed by atoms with Crippen molar-refractivity contribution in [2.24, 2.45) is 10.9 Å². The van der Waals surface area contributed by atoms with Gasteiger partial charge >= 0.3 is 0 Å². The molecule has 1 atom stereocenters. The molecule has 148 valence electrons. The van der Waals surface area contributed by atoms with E-state index in [0.717, 1.165) is 37.9 Å². The fourth-order valence-corrected chi connectivity index (χ4v) is 2.97. The monoisotopic (exact) mass is 371 g/mol. The molecule has 27 heavy (non-hydrogen) atoms. The van der Waals surface area contributed by atoms with Crippen LogP contribution < -0.4 is 10.6 Å². The van der Waals surface area contributed by atoms with Crippen molar-refractivity contribution >= 4 is 5.96 Å². The highest BCUT2D eigenvalue weighted by Crippen LogP contribution is 2.10. The molecule has 0 saturated heterocycles. The Morgan fingerprint density at radius 2 is 2.00 bits per heavy atom. The molecule has 2 rings (SSSR count). The summed E-state index contributed by atoms with van der Waals surface area (Å²) in [5.74, 6) is 2.27. The predicted molar refractivity (Wildman–Crippen MR) is 111 cm³/mol. The maximum atomic E-state index is 5.80. The number of rotatable bonds is 10. The third-order valence-corrected chi connectivity index (χ3v) is 4.48. The van der Waals surface area contributed by atoms with Crippen LogP contribution in [0.15, 0.2) is 47.7 Å². The van der Waals surface area contributed by atoms with Gasteiger partial charge in [0, 0.05) is 39.1 Å². The second-order valence-corrected chi connectivity index (χ2v) is 6.84. The standard InChI is InChI=1S/C21H33N5O/c1-5-27-19(17(2)3)11-12-24-21(22-4)25-15-20-23-13-14-26(20)16-18-9-7-6-8-10-18/h6-10,13-14,17,19H,5,11-12,15-16H2,1-4H3,(H2,22,24,25). The molecule has 1 heterocycles. The number of benzene rings is 1. The maximum Gasteiger partial charge on any atom is 0.191 e. The van der Waals surface area contributed by atoms with Crippen molar-refractivity contribution in [3.63, 3.8) is 0 Å². The highest BCUT2D eigenvalue weighted by atomic mass is 16.5. The second kappa shape index (κ2) is 11.4. The molecule has 0 radical (unpaired) electrons. The van der Waals surface area contributed by atoms with Crippen molar-refractivity contribution in [2.45, 2.75) is 46.4 Å². The Bertz CT molecular complexity index is 681. The maximum absolute atomic E-state index is 5.80. The Labute approximate surface area is 163 Å². The van der Waals surface area contributed by atoms with Crippen LogP contribution in [0.4, 0.5) is 0 Å². The third-order valence-electron chi connectivity index (χ3n) is 4.48. The molecule has 0 spiro atoms. The quantitative estimate of drug-likeness (QED) is 0.498. The number of nitrogens with one attached hydrogen (secondary N) is 2. The molecule has 1 unspecified atom stereocenters. The van der Waals surface area contributed by atoms with E-state index in [0.29, 0.717) is 12.5 Å². The first-order chi connectivity index (χ1) is 13.1. The average Bonchev–Trinajstić information content (AvgIpc) is 3.11. The number of hydrogen-bond donors (Lipinski definition) is 2. The van der Waals surface area contributed by atoms with E-state index in [9.17, 15) is 0 Å². The van der Waals surface area contributed by atoms with Gasteiger partial charge < -0.3 is 19.9 Å². The van der Waals surface area contributed by atoms with Crippen LogP contribution >= 0.6 is 0 Å². The van der Waals surface area contributed by atoms with Crippen molar-refractivity contribution in [3.8, 4) is 0 Å². The van der Waals surface area contributed by atoms with Crippen LogP contribution in [-0.2, 0) is 17.8 Å². The second-order valence-electron chi connectivity index (χ2n) is 6.84. The smallest absolute Gasteiger partial charge is 0.191 e. The highest BCUT2D eigenvalue weighted by Gasteiger charge is 2.13. The number of imidazole rings is 1. The van der Waals surface area contributed by atoms with Crippen LogP contribution in [-0.4, -0.2) is 41.8 Å². The summed E-state index contributed by atoms with van der Waals surface area (Å²) in [5.41, 5.74) is 1.26. The summed E-state index contributed by atoms with van der Waals surface area (Å²) < 4.78 is 7.95. The first-order valence-electron chi connectivity index (χ1n) is 9.74. The van der Waals surface area contributed by atoms with Gasteiger partial charge in [0.2, 0.25) is 0 Å². The van der Waals surface area contributed by atoms with Crippen molar-refractivity contribution in [2.75, 3.05) is 20.2 Å². The Morgan fingerprint density at radius 1 is 1.22 bits per heavy atom. The summed E-state index contributed by atoms with van der Waals surface area (Å²) in [7, 11) is 1.79. The molecule has 6 nitrogen and oxygen atoms in total. The summed E-state index contributed by atoms with van der Waals surface area (Å²) >= 11 is 0. The summed E-state index contributed by atoms with van der Waals surface area (Å²) in [6.45, 7) is 9.44. The average molecular weight is 372 g/mol. The lowest BCUT2D eigenvalue weighted by Gasteiger charge is -2.21. The topological polar surface area (TPSA) is 63.5 Å². The lowest BCUT2D eigenvalue weighted by molar-refractivity contribution is 0.0258. The Kier molecular flexibility index (Phi) is 8.84. The van der Waals surface area contributed by atoms with Gasteiger partial charge in [0.05, 0.1) is 12.6 Å². The van der Waals surface area contributed by atoms with Crippen LogP contribution in [0.3, 0.4) is 0 Å². The molecule has 0 amide bonds. The van der Waals surface area contributed by atoms with Crippen molar-refractivity contribution in [1.82, 2.24) is 20.2 Å². The first kappa shape index (κ1) is 21.0. The molecule has 2 aromatic rings. The summed E-state index contributed by atoms with van der Waals surface area (Å²) in [4.78, 5) is 8.78. The van der Waals surface area contributed by atoms with Gasteiger partial charge in [-0.2, -0.15) is 0 Å². The largest absolute Gasteiger partial charge is 0.378 e. The molecule has 2 N–H and O–H groups in total. The lowest BCUT2D eigenvalue weighted by atomic mass is 10.0. The number of aromatic nitrogens is 2. The fraction of sp³-hybridized carbons (Fsp3) is 0.524. The Morgan fingerprint density at radius 3 is 2.67 bits per heavy atom. The Hall–Kier alpha value is -2.34. The van der Waals surface area contributed by atoms with E-state index >= 15 is 0 Å². The van der Waals surface area contributed by atoms with E-state index in [4.69, 9.17) is 4.74 Å². The zero-order valence-corrected chi connectivity index (χ0v) is 17.0. The summed E-state index contributed by atoms with van der Waals surface area (Å²) in [6, 6.07) is 10.4. The zero-order chi connectivity index (χ0) is 19.5. The minimum atomic E-state index is 0.269. The molecule has 0 aliphatic carbocycles. The Balaban J connectivity index is 1.82. The first-order valence-corrected chi connectivity index (χ1v) is 9.74. The number of guanidine groups is 1. The minimum Gasteiger partial charge on any atom is -0.378 e. The molecule has 1 aromatic carbocycles. The molecule has 0 aliphatic rings. The number of aliphatic imine (C=N–C) groups is 1. The molecule has 1 aromatic heterocycles. The van der Waals surface area contributed by atoms with Gasteiger partial charge in [-0.05, 0) is 24.8 Å². The number of hydrogen-bond acceptors (Lipinski definition) is 3. The van der Waals surface area contributed by atoms with Gasteiger partial charge in [0.1, 0.15) is 5.82 Å². The van der Waals surface area contributed by atoms with E-state index < -0.39 is 0 Å². The number of nitrogens with zero attached hydrogens (tertiary/aromatic N) is 3. The van der Waals surface area contributed by atoms with Gasteiger partial charge in [0.25, 0.3) is 0 Å². The zero-order valence-electron chi connectivity index (χ0n) is 17.0. The van der Waals surface area contributed by atoms with E-state index in [1.165, 1.54) is 5.56 Å². The molecular weight excluding hydrogens is 338 g/mol. The van der Waals surface area contributed by atoms with Gasteiger partial charge in [-0.15, -0.1) is 0 Å². The van der Waals surface area contributed by atoms with Crippen molar-refractivity contribution in [1.29, 1.82) is 0 Å². The van der Waals surface area contributed by atoms with Crippen LogP contribution in [0.1, 0.15) is 38.6 Å². The van der Waals surface area contributed by atoms with Crippen LogP contribution in [0.2, 0.25) is 0 Å². The van der Waals surface area contributed by atoms with E-state index in [1.54, 1.807) is 7.05 Å². The SMILES string of the molecule is CCOC(CCNC(=NC)NCc1nccn1Cc1ccccc1)C(C)C. The summed E-state index contributed by atoms with van der Waals surface area (Å²) in [6.07, 6.45) is 5.07.